The van der Waals surface area contributed by atoms with Gasteiger partial charge in [-0.3, -0.25) is 10.1 Å². The van der Waals surface area contributed by atoms with Crippen molar-refractivity contribution < 1.29 is 4.92 Å². The van der Waals surface area contributed by atoms with E-state index in [9.17, 15) is 10.1 Å². The average molecular weight is 228 g/mol. The summed E-state index contributed by atoms with van der Waals surface area (Å²) in [5.41, 5.74) is 8.98. The van der Waals surface area contributed by atoms with Gasteiger partial charge in [0.25, 0.3) is 5.69 Å². The Labute approximate surface area is 98.8 Å². The van der Waals surface area contributed by atoms with E-state index in [1.807, 2.05) is 37.3 Å². The summed E-state index contributed by atoms with van der Waals surface area (Å²) in [7, 11) is 0. The van der Waals surface area contributed by atoms with Gasteiger partial charge < -0.3 is 5.73 Å². The average Bonchev–Trinajstić information content (AvgIpc) is 2.29. The van der Waals surface area contributed by atoms with Crippen LogP contribution in [0.3, 0.4) is 0 Å². The molecule has 0 bridgehead atoms. The zero-order valence-corrected chi connectivity index (χ0v) is 9.38. The molecule has 0 fully saturated rings. The first-order chi connectivity index (χ1) is 8.09. The number of benzene rings is 2. The van der Waals surface area contributed by atoms with E-state index >= 15 is 0 Å². The minimum Gasteiger partial charge on any atom is -0.398 e. The van der Waals surface area contributed by atoms with Gasteiger partial charge in [-0.05, 0) is 18.1 Å². The first kappa shape index (κ1) is 11.1. The van der Waals surface area contributed by atoms with Crippen LogP contribution < -0.4 is 5.73 Å². The number of nitrogens with zero attached hydrogens (tertiary/aromatic N) is 1. The molecule has 2 aromatic carbocycles. The van der Waals surface area contributed by atoms with E-state index < -0.39 is 4.92 Å². The number of nitrogens with two attached hydrogens (primary N) is 1. The van der Waals surface area contributed by atoms with Crippen molar-refractivity contribution in [1.29, 1.82) is 0 Å². The van der Waals surface area contributed by atoms with Crippen LogP contribution in [0.1, 0.15) is 5.56 Å². The fourth-order valence-electron chi connectivity index (χ4n) is 1.90. The van der Waals surface area contributed by atoms with Gasteiger partial charge in [0.05, 0.1) is 4.92 Å². The molecule has 0 heterocycles. The predicted octanol–water partition coefficient (Wildman–Crippen LogP) is 3.15. The van der Waals surface area contributed by atoms with Crippen LogP contribution in [0.2, 0.25) is 0 Å². The molecule has 0 amide bonds. The first-order valence-electron chi connectivity index (χ1n) is 5.19. The largest absolute Gasteiger partial charge is 0.398 e. The minimum atomic E-state index is -0.432. The number of non-ortho nitro benzene ring substituents is 1. The Balaban J connectivity index is 2.61. The molecule has 0 aliphatic carbocycles. The number of nitrogen functional groups attached to an aromatic ring is 1. The van der Waals surface area contributed by atoms with E-state index in [1.165, 1.54) is 6.07 Å². The summed E-state index contributed by atoms with van der Waals surface area (Å²) in [4.78, 5) is 10.3. The number of hydrogen-bond donors (Lipinski definition) is 1. The standard InChI is InChI=1S/C13H12N2O2/c1-9-7-11(15(16)17)8-12(14)13(9)10-5-3-2-4-6-10/h2-8H,14H2,1H3. The van der Waals surface area contributed by atoms with E-state index in [0.29, 0.717) is 5.69 Å². The van der Waals surface area contributed by atoms with Gasteiger partial charge in [-0.15, -0.1) is 0 Å². The summed E-state index contributed by atoms with van der Waals surface area (Å²) in [6.07, 6.45) is 0. The van der Waals surface area contributed by atoms with Gasteiger partial charge in [-0.1, -0.05) is 30.3 Å². The van der Waals surface area contributed by atoms with Crippen molar-refractivity contribution in [2.24, 2.45) is 0 Å². The Hall–Kier alpha value is -2.36. The summed E-state index contributed by atoms with van der Waals surface area (Å²) < 4.78 is 0. The predicted molar refractivity (Wildman–Crippen MR) is 67.7 cm³/mol. The van der Waals surface area contributed by atoms with Gasteiger partial charge in [0.1, 0.15) is 0 Å². The van der Waals surface area contributed by atoms with Crippen molar-refractivity contribution in [3.05, 3.63) is 58.1 Å². The third kappa shape index (κ3) is 2.10. The van der Waals surface area contributed by atoms with Crippen LogP contribution in [0, 0.1) is 17.0 Å². The third-order valence-electron chi connectivity index (χ3n) is 2.62. The molecule has 2 aromatic rings. The van der Waals surface area contributed by atoms with Crippen LogP contribution in [-0.2, 0) is 0 Å². The number of nitro groups is 1. The minimum absolute atomic E-state index is 0.0275. The van der Waals surface area contributed by atoms with Crippen molar-refractivity contribution >= 4 is 11.4 Å². The molecule has 2 rings (SSSR count). The molecule has 0 atom stereocenters. The van der Waals surface area contributed by atoms with Gasteiger partial charge in [-0.25, -0.2) is 0 Å². The van der Waals surface area contributed by atoms with Crippen molar-refractivity contribution in [2.45, 2.75) is 6.92 Å². The second-order valence-electron chi connectivity index (χ2n) is 3.85. The zero-order valence-electron chi connectivity index (χ0n) is 9.38. The molecular formula is C13H12N2O2. The number of anilines is 1. The molecule has 0 aliphatic rings. The Morgan fingerprint density at radius 3 is 2.35 bits per heavy atom. The maximum atomic E-state index is 10.7. The molecule has 0 spiro atoms. The molecule has 0 saturated carbocycles. The highest BCUT2D eigenvalue weighted by molar-refractivity contribution is 5.81. The number of hydrogen-bond acceptors (Lipinski definition) is 3. The Morgan fingerprint density at radius 1 is 1.18 bits per heavy atom. The second-order valence-corrected chi connectivity index (χ2v) is 3.85. The first-order valence-corrected chi connectivity index (χ1v) is 5.19. The summed E-state index contributed by atoms with van der Waals surface area (Å²) in [5.74, 6) is 0. The van der Waals surface area contributed by atoms with Gasteiger partial charge in [0.15, 0.2) is 0 Å². The molecule has 2 N–H and O–H groups in total. The lowest BCUT2D eigenvalue weighted by atomic mass is 9.98. The lowest BCUT2D eigenvalue weighted by Gasteiger charge is -2.09. The maximum absolute atomic E-state index is 10.7. The fraction of sp³-hybridized carbons (Fsp3) is 0.0769. The molecular weight excluding hydrogens is 216 g/mol. The van der Waals surface area contributed by atoms with Gasteiger partial charge in [0.2, 0.25) is 0 Å². The molecule has 86 valence electrons. The highest BCUT2D eigenvalue weighted by Crippen LogP contribution is 2.32. The van der Waals surface area contributed by atoms with Gasteiger partial charge in [-0.2, -0.15) is 0 Å². The molecule has 0 saturated heterocycles. The summed E-state index contributed by atoms with van der Waals surface area (Å²) in [6.45, 7) is 1.83. The second kappa shape index (κ2) is 4.25. The molecule has 0 unspecified atom stereocenters. The fourth-order valence-corrected chi connectivity index (χ4v) is 1.90. The van der Waals surface area contributed by atoms with E-state index in [0.717, 1.165) is 16.7 Å². The Bertz CT molecular complexity index is 542. The molecule has 4 nitrogen and oxygen atoms in total. The Kier molecular flexibility index (Phi) is 2.78. The molecule has 0 radical (unpaired) electrons. The van der Waals surface area contributed by atoms with Crippen LogP contribution in [0.4, 0.5) is 11.4 Å². The quantitative estimate of drug-likeness (QED) is 0.487. The zero-order chi connectivity index (χ0) is 12.4. The van der Waals surface area contributed by atoms with Crippen molar-refractivity contribution in [3.8, 4) is 11.1 Å². The summed E-state index contributed by atoms with van der Waals surface area (Å²) >= 11 is 0. The Morgan fingerprint density at radius 2 is 1.82 bits per heavy atom. The van der Waals surface area contributed by atoms with E-state index in [1.54, 1.807) is 6.07 Å². The van der Waals surface area contributed by atoms with Crippen LogP contribution >= 0.6 is 0 Å². The monoisotopic (exact) mass is 228 g/mol. The number of rotatable bonds is 2. The smallest absolute Gasteiger partial charge is 0.271 e. The normalized spacial score (nSPS) is 10.2. The van der Waals surface area contributed by atoms with Crippen LogP contribution in [0.5, 0.6) is 0 Å². The van der Waals surface area contributed by atoms with Crippen LogP contribution in [0.25, 0.3) is 11.1 Å². The third-order valence-corrected chi connectivity index (χ3v) is 2.62. The van der Waals surface area contributed by atoms with E-state index in [2.05, 4.69) is 0 Å². The highest BCUT2D eigenvalue weighted by atomic mass is 16.6. The molecule has 4 heteroatoms. The van der Waals surface area contributed by atoms with E-state index in [-0.39, 0.29) is 5.69 Å². The lowest BCUT2D eigenvalue weighted by molar-refractivity contribution is -0.384. The van der Waals surface area contributed by atoms with Crippen LogP contribution in [-0.4, -0.2) is 4.92 Å². The maximum Gasteiger partial charge on any atom is 0.271 e. The molecule has 0 aliphatic heterocycles. The van der Waals surface area contributed by atoms with E-state index in [4.69, 9.17) is 5.73 Å². The lowest BCUT2D eigenvalue weighted by Crippen LogP contribution is -1.96. The molecule has 17 heavy (non-hydrogen) atoms. The summed E-state index contributed by atoms with van der Waals surface area (Å²) in [5, 5.41) is 10.7. The highest BCUT2D eigenvalue weighted by Gasteiger charge is 2.13. The topological polar surface area (TPSA) is 69.2 Å². The van der Waals surface area contributed by atoms with Crippen molar-refractivity contribution in [3.63, 3.8) is 0 Å². The number of nitro benzene ring substituents is 1. The van der Waals surface area contributed by atoms with Crippen molar-refractivity contribution in [2.75, 3.05) is 5.73 Å². The number of aryl methyl sites for hydroxylation is 1. The van der Waals surface area contributed by atoms with Gasteiger partial charge >= 0.3 is 0 Å². The molecule has 0 aromatic heterocycles. The van der Waals surface area contributed by atoms with Crippen LogP contribution in [0.15, 0.2) is 42.5 Å². The van der Waals surface area contributed by atoms with Gasteiger partial charge in [0, 0.05) is 23.4 Å². The summed E-state index contributed by atoms with van der Waals surface area (Å²) in [6, 6.07) is 12.6. The van der Waals surface area contributed by atoms with Crippen molar-refractivity contribution in [1.82, 2.24) is 0 Å². The SMILES string of the molecule is Cc1cc([N+](=O)[O-])cc(N)c1-c1ccccc1.